The van der Waals surface area contributed by atoms with E-state index in [4.69, 9.17) is 9.15 Å². The van der Waals surface area contributed by atoms with E-state index in [0.29, 0.717) is 11.3 Å². The van der Waals surface area contributed by atoms with Crippen molar-refractivity contribution in [3.05, 3.63) is 82.9 Å². The molecule has 0 saturated carbocycles. The summed E-state index contributed by atoms with van der Waals surface area (Å²) in [6.07, 6.45) is 7.20. The Kier molecular flexibility index (Phi) is 8.77. The van der Waals surface area contributed by atoms with E-state index in [9.17, 15) is 9.59 Å². The first-order chi connectivity index (χ1) is 19.1. The predicted octanol–water partition coefficient (Wildman–Crippen LogP) is 6.38. The summed E-state index contributed by atoms with van der Waals surface area (Å²) in [6.45, 7) is 18.2. The van der Waals surface area contributed by atoms with Gasteiger partial charge in [0, 0.05) is 30.2 Å². The Morgan fingerprint density at radius 1 is 0.925 bits per heavy atom. The summed E-state index contributed by atoms with van der Waals surface area (Å²) in [7, 11) is 0. The molecule has 1 unspecified atom stereocenters. The number of ketones is 1. The summed E-state index contributed by atoms with van der Waals surface area (Å²) >= 11 is 0. The first-order valence-corrected chi connectivity index (χ1v) is 14.3. The van der Waals surface area contributed by atoms with Crippen molar-refractivity contribution in [1.82, 2.24) is 4.58 Å². The van der Waals surface area contributed by atoms with Crippen molar-refractivity contribution >= 4 is 34.5 Å². The van der Waals surface area contributed by atoms with Crippen molar-refractivity contribution in [2.24, 2.45) is 5.92 Å². The molecule has 40 heavy (non-hydrogen) atoms. The minimum Gasteiger partial charge on any atom is -0.425 e. The first kappa shape index (κ1) is 29.1. The fraction of sp³-hybridized carbons (Fsp3) is 0.382. The molecule has 1 atom stereocenters. The molecule has 0 amide bonds. The summed E-state index contributed by atoms with van der Waals surface area (Å²) in [5.74, 6) is -1.44. The van der Waals surface area contributed by atoms with Crippen LogP contribution in [0.3, 0.4) is 0 Å². The normalized spacial score (nSPS) is 15.6. The number of hydrogen-bond acceptors (Lipinski definition) is 5. The summed E-state index contributed by atoms with van der Waals surface area (Å²) in [4.78, 5) is 28.1. The Balaban J connectivity index is 1.65. The molecule has 1 aromatic heterocycles. The van der Waals surface area contributed by atoms with Gasteiger partial charge in [-0.25, -0.2) is 0 Å². The Morgan fingerprint density at radius 2 is 1.65 bits per heavy atom. The average molecular weight is 542 g/mol. The van der Waals surface area contributed by atoms with Gasteiger partial charge in [-0.15, -0.1) is 0 Å². The Labute approximate surface area is 237 Å². The van der Waals surface area contributed by atoms with Gasteiger partial charge < -0.3 is 14.1 Å². The summed E-state index contributed by atoms with van der Waals surface area (Å²) in [6, 6.07) is 13.8. The predicted molar refractivity (Wildman–Crippen MR) is 163 cm³/mol. The second-order valence-electron chi connectivity index (χ2n) is 11.0. The number of nitrogens with zero attached hydrogens (tertiary/aromatic N) is 2. The summed E-state index contributed by atoms with van der Waals surface area (Å²) in [5, 5.41) is 1.000. The molecule has 0 bridgehead atoms. The number of benzene rings is 2. The molecule has 2 aromatic carbocycles. The number of fused-ring (bicyclic) bond motifs is 2. The van der Waals surface area contributed by atoms with Crippen LogP contribution in [0.4, 0.5) is 5.69 Å². The molecule has 0 N–H and O–H groups in total. The highest BCUT2D eigenvalue weighted by molar-refractivity contribution is 6.14. The van der Waals surface area contributed by atoms with Gasteiger partial charge in [-0.2, -0.15) is 4.58 Å². The SMILES string of the molecule is CCN(CC)c1ccc2c(c1)OC(=O)C(/C=C/C=C/c1cc(=[N+](CC)CC)oc3cc(C(C)(C)C)ccc13)C2=O. The molecule has 1 aliphatic heterocycles. The zero-order chi connectivity index (χ0) is 29.0. The van der Waals surface area contributed by atoms with Gasteiger partial charge in [0.05, 0.1) is 11.6 Å². The maximum absolute atomic E-state index is 13.2. The lowest BCUT2D eigenvalue weighted by atomic mass is 9.86. The van der Waals surface area contributed by atoms with Crippen molar-refractivity contribution < 1.29 is 18.7 Å². The fourth-order valence-corrected chi connectivity index (χ4v) is 5.03. The number of esters is 1. The van der Waals surface area contributed by atoms with Gasteiger partial charge in [-0.1, -0.05) is 57.2 Å². The van der Waals surface area contributed by atoms with Crippen LogP contribution in [0.5, 0.6) is 5.75 Å². The number of Topliss-reactive ketones (excluding diaryl/α,β-unsaturated/α-hetero) is 1. The number of carbonyl (C=O) groups excluding carboxylic acids is 2. The van der Waals surface area contributed by atoms with Crippen molar-refractivity contribution in [1.29, 1.82) is 0 Å². The van der Waals surface area contributed by atoms with Crippen LogP contribution in [0.2, 0.25) is 0 Å². The molecule has 0 aliphatic carbocycles. The van der Waals surface area contributed by atoms with Crippen molar-refractivity contribution in [3.63, 3.8) is 0 Å². The number of anilines is 1. The maximum atomic E-state index is 13.2. The highest BCUT2D eigenvalue weighted by Crippen LogP contribution is 2.33. The molecule has 4 rings (SSSR count). The number of rotatable bonds is 8. The van der Waals surface area contributed by atoms with Crippen molar-refractivity contribution in [2.45, 2.75) is 53.9 Å². The van der Waals surface area contributed by atoms with E-state index in [-0.39, 0.29) is 11.2 Å². The zero-order valence-corrected chi connectivity index (χ0v) is 24.8. The zero-order valence-electron chi connectivity index (χ0n) is 24.8. The summed E-state index contributed by atoms with van der Waals surface area (Å²) < 4.78 is 14.1. The van der Waals surface area contributed by atoms with E-state index < -0.39 is 11.9 Å². The molecule has 6 heteroatoms. The minimum absolute atomic E-state index is 0.000365. The summed E-state index contributed by atoms with van der Waals surface area (Å²) in [5.41, 5.74) is 5.20. The third-order valence-electron chi connectivity index (χ3n) is 7.52. The number of carbonyl (C=O) groups is 2. The first-order valence-electron chi connectivity index (χ1n) is 14.3. The van der Waals surface area contributed by atoms with E-state index in [1.807, 2.05) is 24.3 Å². The van der Waals surface area contributed by atoms with Gasteiger partial charge in [0.2, 0.25) is 0 Å². The lowest BCUT2D eigenvalue weighted by Gasteiger charge is -2.25. The molecule has 210 valence electrons. The number of hydrogen-bond donors (Lipinski definition) is 0. The van der Waals surface area contributed by atoms with Gasteiger partial charge in [0.1, 0.15) is 30.3 Å². The van der Waals surface area contributed by atoms with Crippen LogP contribution in [0, 0.1) is 5.92 Å². The molecule has 0 radical (unpaired) electrons. The molecule has 0 saturated heterocycles. The second kappa shape index (κ2) is 12.1. The van der Waals surface area contributed by atoms with Crippen LogP contribution < -0.4 is 19.8 Å². The van der Waals surface area contributed by atoms with Gasteiger partial charge in [-0.3, -0.25) is 9.59 Å². The minimum atomic E-state index is -0.973. The van der Waals surface area contributed by atoms with Crippen molar-refractivity contribution in [2.75, 3.05) is 31.1 Å². The lowest BCUT2D eigenvalue weighted by molar-refractivity contribution is -0.136. The smallest absolute Gasteiger partial charge is 0.368 e. The molecular formula is C34H41N2O4+. The Hall–Kier alpha value is -3.93. The Bertz CT molecular complexity index is 1540. The van der Waals surface area contributed by atoms with E-state index in [2.05, 4.69) is 76.1 Å². The topological polar surface area (TPSA) is 62.8 Å². The van der Waals surface area contributed by atoms with Crippen LogP contribution in [-0.2, 0) is 10.2 Å². The number of ether oxygens (including phenoxy) is 1. The molecule has 0 spiro atoms. The van der Waals surface area contributed by atoms with Gasteiger partial charge in [0.25, 0.3) is 0 Å². The second-order valence-corrected chi connectivity index (χ2v) is 11.0. The van der Waals surface area contributed by atoms with Crippen LogP contribution in [0.15, 0.2) is 65.1 Å². The molecule has 6 nitrogen and oxygen atoms in total. The van der Waals surface area contributed by atoms with E-state index in [0.717, 1.165) is 54.0 Å². The molecule has 0 fully saturated rings. The lowest BCUT2D eigenvalue weighted by Crippen LogP contribution is -2.32. The molecular weight excluding hydrogens is 500 g/mol. The fourth-order valence-electron chi connectivity index (χ4n) is 5.03. The van der Waals surface area contributed by atoms with Crippen molar-refractivity contribution in [3.8, 4) is 5.75 Å². The maximum Gasteiger partial charge on any atom is 0.368 e. The van der Waals surface area contributed by atoms with Gasteiger partial charge in [-0.05, 0) is 62.4 Å². The van der Waals surface area contributed by atoms with E-state index in [1.165, 1.54) is 5.56 Å². The largest absolute Gasteiger partial charge is 0.425 e. The molecule has 3 aromatic rings. The highest BCUT2D eigenvalue weighted by atomic mass is 16.5. The van der Waals surface area contributed by atoms with Gasteiger partial charge in [0.15, 0.2) is 5.78 Å². The molecule has 2 heterocycles. The molecule has 1 aliphatic rings. The van der Waals surface area contributed by atoms with Crippen LogP contribution in [-0.4, -0.2) is 37.9 Å². The van der Waals surface area contributed by atoms with E-state index in [1.54, 1.807) is 24.3 Å². The quantitative estimate of drug-likeness (QED) is 0.109. The van der Waals surface area contributed by atoms with Gasteiger partial charge >= 0.3 is 11.5 Å². The third kappa shape index (κ3) is 5.96. The standard InChI is InChI=1S/C34H41N2O4/c1-8-35(9-2)25-17-19-27-30(22-25)40-33(38)28(32(27)37)15-13-12-14-23-20-31(36(10-3)11-4)39-29-21-24(34(5,6)7)16-18-26(23)29/h12-22,28H,8-11H2,1-7H3/q+1/b14-12+,15-13+. The average Bonchev–Trinajstić information content (AvgIpc) is 2.93. The third-order valence-corrected chi connectivity index (χ3v) is 7.52. The highest BCUT2D eigenvalue weighted by Gasteiger charge is 2.34. The van der Waals surface area contributed by atoms with E-state index >= 15 is 0 Å². The number of allylic oxidation sites excluding steroid dienone is 2. The Morgan fingerprint density at radius 3 is 2.30 bits per heavy atom. The monoisotopic (exact) mass is 541 g/mol. The van der Waals surface area contributed by atoms with Crippen LogP contribution in [0.1, 0.15) is 70.0 Å². The van der Waals surface area contributed by atoms with Crippen LogP contribution in [0.25, 0.3) is 17.0 Å². The van der Waals surface area contributed by atoms with Crippen LogP contribution >= 0.6 is 0 Å².